The van der Waals surface area contributed by atoms with Gasteiger partial charge < -0.3 is 15.3 Å². The van der Waals surface area contributed by atoms with E-state index in [1.54, 1.807) is 5.57 Å². The SMILES string of the molecule is C[C@H](CCCC(C)(C)O)[C@H]1CC[C@@H]2/C(=C\C=C3C[C@@H](O)C[C@H](O)C3)CCC[C@@]21C. The van der Waals surface area contributed by atoms with Crippen LogP contribution in [-0.2, 0) is 0 Å². The molecular formula is C26H44O3. The van der Waals surface area contributed by atoms with Crippen LogP contribution in [0.4, 0.5) is 0 Å². The van der Waals surface area contributed by atoms with Gasteiger partial charge in [-0.1, -0.05) is 50.0 Å². The molecular weight excluding hydrogens is 360 g/mol. The Morgan fingerprint density at radius 3 is 2.48 bits per heavy atom. The lowest BCUT2D eigenvalue weighted by Gasteiger charge is -2.44. The van der Waals surface area contributed by atoms with E-state index in [9.17, 15) is 15.3 Å². The summed E-state index contributed by atoms with van der Waals surface area (Å²) in [5.74, 6) is 2.19. The first-order chi connectivity index (χ1) is 13.6. The smallest absolute Gasteiger partial charge is 0.0602 e. The molecule has 3 nitrogen and oxygen atoms in total. The van der Waals surface area contributed by atoms with Crippen molar-refractivity contribution >= 4 is 0 Å². The summed E-state index contributed by atoms with van der Waals surface area (Å²) in [6.45, 7) is 8.81. The first kappa shape index (κ1) is 23.0. The molecule has 3 aliphatic rings. The van der Waals surface area contributed by atoms with Gasteiger partial charge in [0.1, 0.15) is 0 Å². The van der Waals surface area contributed by atoms with Crippen molar-refractivity contribution in [2.75, 3.05) is 0 Å². The van der Waals surface area contributed by atoms with Crippen molar-refractivity contribution in [1.82, 2.24) is 0 Å². The molecule has 0 spiro atoms. The van der Waals surface area contributed by atoms with Crippen molar-refractivity contribution in [1.29, 1.82) is 0 Å². The summed E-state index contributed by atoms with van der Waals surface area (Å²) in [7, 11) is 0. The zero-order chi connectivity index (χ0) is 21.2. The second kappa shape index (κ2) is 9.24. The minimum atomic E-state index is -0.545. The molecule has 0 aliphatic heterocycles. The van der Waals surface area contributed by atoms with Crippen LogP contribution in [0.1, 0.15) is 98.3 Å². The molecule has 0 saturated heterocycles. The lowest BCUT2D eigenvalue weighted by Crippen LogP contribution is -2.36. The van der Waals surface area contributed by atoms with E-state index in [0.29, 0.717) is 36.5 Å². The fourth-order valence-electron chi connectivity index (χ4n) is 6.80. The normalized spacial score (nSPS) is 38.2. The van der Waals surface area contributed by atoms with Gasteiger partial charge in [0.15, 0.2) is 0 Å². The highest BCUT2D eigenvalue weighted by Gasteiger charge is 2.50. The molecule has 3 rings (SSSR count). The van der Waals surface area contributed by atoms with Crippen LogP contribution in [0.25, 0.3) is 0 Å². The quantitative estimate of drug-likeness (QED) is 0.545. The summed E-state index contributed by atoms with van der Waals surface area (Å²) in [4.78, 5) is 0. The molecule has 166 valence electrons. The average Bonchev–Trinajstić information content (AvgIpc) is 2.95. The van der Waals surface area contributed by atoms with Gasteiger partial charge in [-0.25, -0.2) is 0 Å². The Morgan fingerprint density at radius 1 is 1.14 bits per heavy atom. The minimum Gasteiger partial charge on any atom is -0.393 e. The Morgan fingerprint density at radius 2 is 1.83 bits per heavy atom. The molecule has 3 fully saturated rings. The van der Waals surface area contributed by atoms with E-state index in [2.05, 4.69) is 26.0 Å². The van der Waals surface area contributed by atoms with Crippen molar-refractivity contribution in [2.24, 2.45) is 23.2 Å². The summed E-state index contributed by atoms with van der Waals surface area (Å²) in [5.41, 5.74) is 2.66. The fourth-order valence-corrected chi connectivity index (χ4v) is 6.80. The van der Waals surface area contributed by atoms with Crippen molar-refractivity contribution in [3.05, 3.63) is 23.3 Å². The van der Waals surface area contributed by atoms with Crippen LogP contribution in [0.5, 0.6) is 0 Å². The van der Waals surface area contributed by atoms with Crippen LogP contribution in [0.2, 0.25) is 0 Å². The Hall–Kier alpha value is -0.640. The Bertz CT molecular complexity index is 602. The first-order valence-electron chi connectivity index (χ1n) is 12.1. The monoisotopic (exact) mass is 404 g/mol. The maximum atomic E-state index is 10.0. The van der Waals surface area contributed by atoms with Gasteiger partial charge >= 0.3 is 0 Å². The van der Waals surface area contributed by atoms with E-state index in [0.717, 1.165) is 18.8 Å². The van der Waals surface area contributed by atoms with E-state index in [1.807, 2.05) is 13.8 Å². The van der Waals surface area contributed by atoms with Crippen LogP contribution in [-0.4, -0.2) is 33.1 Å². The summed E-state index contributed by atoms with van der Waals surface area (Å²) >= 11 is 0. The van der Waals surface area contributed by atoms with E-state index < -0.39 is 5.60 Å². The molecule has 0 unspecified atom stereocenters. The molecule has 3 N–H and O–H groups in total. The highest BCUT2D eigenvalue weighted by atomic mass is 16.3. The summed E-state index contributed by atoms with van der Waals surface area (Å²) in [6.07, 6.45) is 15.4. The topological polar surface area (TPSA) is 60.7 Å². The first-order valence-corrected chi connectivity index (χ1v) is 12.1. The van der Waals surface area contributed by atoms with Gasteiger partial charge in [0.05, 0.1) is 17.8 Å². The van der Waals surface area contributed by atoms with Gasteiger partial charge in [-0.05, 0) is 94.8 Å². The summed E-state index contributed by atoms with van der Waals surface area (Å²) in [6, 6.07) is 0. The zero-order valence-corrected chi connectivity index (χ0v) is 19.2. The van der Waals surface area contributed by atoms with Crippen LogP contribution in [0.3, 0.4) is 0 Å². The molecule has 0 aromatic rings. The minimum absolute atomic E-state index is 0.388. The number of aliphatic hydroxyl groups is 3. The van der Waals surface area contributed by atoms with Gasteiger partial charge in [-0.3, -0.25) is 0 Å². The third-order valence-corrected chi connectivity index (χ3v) is 8.25. The van der Waals surface area contributed by atoms with Gasteiger partial charge in [-0.15, -0.1) is 0 Å². The molecule has 3 heteroatoms. The summed E-state index contributed by atoms with van der Waals surface area (Å²) in [5, 5.41) is 29.9. The molecule has 6 atom stereocenters. The maximum absolute atomic E-state index is 10.0. The largest absolute Gasteiger partial charge is 0.393 e. The van der Waals surface area contributed by atoms with E-state index in [4.69, 9.17) is 0 Å². The van der Waals surface area contributed by atoms with E-state index in [-0.39, 0.29) is 12.2 Å². The molecule has 0 heterocycles. The number of hydrogen-bond donors (Lipinski definition) is 3. The highest BCUT2D eigenvalue weighted by Crippen LogP contribution is 2.59. The highest BCUT2D eigenvalue weighted by molar-refractivity contribution is 5.26. The molecule has 0 aromatic carbocycles. The number of fused-ring (bicyclic) bond motifs is 1. The predicted octanol–water partition coefficient (Wildman–Crippen LogP) is 5.54. The molecule has 0 amide bonds. The predicted molar refractivity (Wildman–Crippen MR) is 120 cm³/mol. The Labute approximate surface area is 178 Å². The molecule has 29 heavy (non-hydrogen) atoms. The number of aliphatic hydroxyl groups excluding tert-OH is 2. The Balaban J connectivity index is 1.66. The Kier molecular flexibility index (Phi) is 7.34. The van der Waals surface area contributed by atoms with E-state index >= 15 is 0 Å². The van der Waals surface area contributed by atoms with Crippen LogP contribution in [0, 0.1) is 23.2 Å². The molecule has 3 aliphatic carbocycles. The number of allylic oxidation sites excluding steroid dienone is 3. The van der Waals surface area contributed by atoms with Gasteiger partial charge in [0, 0.05) is 0 Å². The maximum Gasteiger partial charge on any atom is 0.0602 e. The van der Waals surface area contributed by atoms with Crippen molar-refractivity contribution in [3.63, 3.8) is 0 Å². The summed E-state index contributed by atoms with van der Waals surface area (Å²) < 4.78 is 0. The van der Waals surface area contributed by atoms with Crippen LogP contribution < -0.4 is 0 Å². The number of rotatable bonds is 6. The fraction of sp³-hybridized carbons (Fsp3) is 0.846. The van der Waals surface area contributed by atoms with E-state index in [1.165, 1.54) is 44.1 Å². The lowest BCUT2D eigenvalue weighted by atomic mass is 9.60. The molecule has 3 saturated carbocycles. The second-order valence-electron chi connectivity index (χ2n) is 11.3. The number of hydrogen-bond acceptors (Lipinski definition) is 3. The van der Waals surface area contributed by atoms with Crippen molar-refractivity contribution in [3.8, 4) is 0 Å². The molecule has 0 aromatic heterocycles. The van der Waals surface area contributed by atoms with Crippen LogP contribution >= 0.6 is 0 Å². The van der Waals surface area contributed by atoms with Gasteiger partial charge in [-0.2, -0.15) is 0 Å². The molecule has 0 radical (unpaired) electrons. The zero-order valence-electron chi connectivity index (χ0n) is 19.2. The van der Waals surface area contributed by atoms with Gasteiger partial charge in [0.25, 0.3) is 0 Å². The van der Waals surface area contributed by atoms with Gasteiger partial charge in [0.2, 0.25) is 0 Å². The second-order valence-corrected chi connectivity index (χ2v) is 11.3. The lowest BCUT2D eigenvalue weighted by molar-refractivity contribution is 0.0591. The third kappa shape index (κ3) is 5.74. The van der Waals surface area contributed by atoms with Crippen LogP contribution in [0.15, 0.2) is 23.3 Å². The molecule has 0 bridgehead atoms. The standard InChI is InChI=1S/C26H44O3/c1-18(7-5-13-25(2,3)29)23-11-12-24-20(8-6-14-26(23,24)4)10-9-19-15-21(27)17-22(28)16-19/h9-10,18,21-24,27-29H,5-8,11-17H2,1-4H3/b20-10-/t18-,21-,22-,23-,24-,26-/m1/s1. The average molecular weight is 405 g/mol. The van der Waals surface area contributed by atoms with Crippen molar-refractivity contribution < 1.29 is 15.3 Å². The third-order valence-electron chi connectivity index (χ3n) is 8.25. The van der Waals surface area contributed by atoms with Crippen molar-refractivity contribution in [2.45, 2.75) is 116 Å².